The van der Waals surface area contributed by atoms with Gasteiger partial charge in [0.1, 0.15) is 11.5 Å². The first-order valence-electron chi connectivity index (χ1n) is 10.8. The highest BCUT2D eigenvalue weighted by molar-refractivity contribution is 6.05. The molecule has 5 nitrogen and oxygen atoms in total. The summed E-state index contributed by atoms with van der Waals surface area (Å²) in [7, 11) is 0. The zero-order valence-corrected chi connectivity index (χ0v) is 18.6. The molecule has 3 rings (SSSR count). The van der Waals surface area contributed by atoms with Crippen LogP contribution in [0.2, 0.25) is 0 Å². The molecule has 1 amide bonds. The number of nitrogens with one attached hydrogen (secondary N) is 1. The molecule has 0 radical (unpaired) electrons. The van der Waals surface area contributed by atoms with Crippen LogP contribution in [0.4, 0.5) is 5.69 Å². The van der Waals surface area contributed by atoms with Gasteiger partial charge in [0.05, 0.1) is 23.1 Å². The van der Waals surface area contributed by atoms with E-state index in [-0.39, 0.29) is 12.0 Å². The fourth-order valence-electron chi connectivity index (χ4n) is 3.42. The average molecular weight is 419 g/mol. The second-order valence-corrected chi connectivity index (χ2v) is 7.41. The molecule has 162 valence electrons. The molecule has 1 heterocycles. The second-order valence-electron chi connectivity index (χ2n) is 7.41. The first-order chi connectivity index (χ1) is 15.0. The van der Waals surface area contributed by atoms with E-state index >= 15 is 0 Å². The van der Waals surface area contributed by atoms with Crippen molar-refractivity contribution in [3.05, 3.63) is 83.2 Å². The molecule has 0 saturated heterocycles. The smallest absolute Gasteiger partial charge is 0.257 e. The summed E-state index contributed by atoms with van der Waals surface area (Å²) < 4.78 is 11.7. The average Bonchev–Trinajstić information content (AvgIpc) is 2.75. The molecule has 0 fully saturated rings. The van der Waals surface area contributed by atoms with E-state index in [2.05, 4.69) is 23.3 Å². The van der Waals surface area contributed by atoms with E-state index in [9.17, 15) is 4.79 Å². The number of pyridine rings is 1. The highest BCUT2D eigenvalue weighted by atomic mass is 16.5. The van der Waals surface area contributed by atoms with Gasteiger partial charge >= 0.3 is 0 Å². The van der Waals surface area contributed by atoms with Gasteiger partial charge in [-0.3, -0.25) is 9.78 Å². The molecule has 0 aliphatic heterocycles. The third-order valence-corrected chi connectivity index (χ3v) is 5.00. The van der Waals surface area contributed by atoms with E-state index in [1.807, 2.05) is 69.3 Å². The third-order valence-electron chi connectivity index (χ3n) is 5.00. The molecule has 2 aromatic carbocycles. The maximum atomic E-state index is 12.8. The lowest BCUT2D eigenvalue weighted by Crippen LogP contribution is -2.15. The SMILES string of the molecule is CCCc1ccccc1Oc1cccc(NC(=O)c2ccc(C(C)OCC)nc2C)c1. The fourth-order valence-corrected chi connectivity index (χ4v) is 3.42. The van der Waals surface area contributed by atoms with Gasteiger partial charge in [-0.25, -0.2) is 0 Å². The van der Waals surface area contributed by atoms with Crippen molar-refractivity contribution in [2.45, 2.75) is 46.6 Å². The Morgan fingerprint density at radius 2 is 1.87 bits per heavy atom. The normalized spacial score (nSPS) is 11.7. The van der Waals surface area contributed by atoms with Crippen LogP contribution in [0.5, 0.6) is 11.5 Å². The van der Waals surface area contributed by atoms with Crippen LogP contribution >= 0.6 is 0 Å². The Balaban J connectivity index is 1.73. The first-order valence-corrected chi connectivity index (χ1v) is 10.8. The van der Waals surface area contributed by atoms with E-state index in [4.69, 9.17) is 9.47 Å². The van der Waals surface area contributed by atoms with Gasteiger partial charge < -0.3 is 14.8 Å². The number of nitrogens with zero attached hydrogens (tertiary/aromatic N) is 1. The van der Waals surface area contributed by atoms with Crippen molar-refractivity contribution in [3.8, 4) is 11.5 Å². The molecule has 1 aromatic heterocycles. The monoisotopic (exact) mass is 418 g/mol. The molecule has 31 heavy (non-hydrogen) atoms. The van der Waals surface area contributed by atoms with Crippen LogP contribution in [-0.4, -0.2) is 17.5 Å². The van der Waals surface area contributed by atoms with Crippen molar-refractivity contribution in [1.82, 2.24) is 4.98 Å². The van der Waals surface area contributed by atoms with Crippen LogP contribution < -0.4 is 10.1 Å². The van der Waals surface area contributed by atoms with Crippen LogP contribution in [-0.2, 0) is 11.2 Å². The molecule has 1 N–H and O–H groups in total. The van der Waals surface area contributed by atoms with Crippen molar-refractivity contribution < 1.29 is 14.3 Å². The molecule has 1 atom stereocenters. The van der Waals surface area contributed by atoms with Crippen LogP contribution in [0.3, 0.4) is 0 Å². The predicted octanol–water partition coefficient (Wildman–Crippen LogP) is 6.48. The molecule has 0 aliphatic rings. The number of ether oxygens (including phenoxy) is 2. The highest BCUT2D eigenvalue weighted by Gasteiger charge is 2.14. The Labute approximate surface area is 184 Å². The molecule has 1 unspecified atom stereocenters. The Morgan fingerprint density at radius 3 is 2.61 bits per heavy atom. The first kappa shape index (κ1) is 22.5. The van der Waals surface area contributed by atoms with Crippen LogP contribution in [0.1, 0.15) is 60.6 Å². The number of hydrogen-bond acceptors (Lipinski definition) is 4. The van der Waals surface area contributed by atoms with Gasteiger partial charge in [0.15, 0.2) is 0 Å². The zero-order chi connectivity index (χ0) is 22.2. The fraction of sp³-hybridized carbons (Fsp3) is 0.308. The number of benzene rings is 2. The Kier molecular flexibility index (Phi) is 7.79. The Hall–Kier alpha value is -3.18. The standard InChI is InChI=1S/C26H30N2O3/c1-5-10-20-11-7-8-14-25(20)31-22-13-9-12-21(17-22)28-26(29)23-15-16-24(27-18(23)3)19(4)30-6-2/h7-9,11-17,19H,5-6,10H2,1-4H3,(H,28,29). The van der Waals surface area contributed by atoms with Crippen molar-refractivity contribution in [2.75, 3.05) is 11.9 Å². The number of aryl methyl sites for hydroxylation is 2. The maximum absolute atomic E-state index is 12.8. The minimum atomic E-state index is -0.204. The number of carbonyl (C=O) groups is 1. The van der Waals surface area contributed by atoms with Gasteiger partial charge in [-0.05, 0) is 63.1 Å². The lowest BCUT2D eigenvalue weighted by Gasteiger charge is -2.14. The number of rotatable bonds is 9. The molecule has 0 aliphatic carbocycles. The molecular weight excluding hydrogens is 388 g/mol. The molecule has 0 bridgehead atoms. The predicted molar refractivity (Wildman–Crippen MR) is 124 cm³/mol. The third kappa shape index (κ3) is 5.92. The van der Waals surface area contributed by atoms with Crippen LogP contribution in [0.15, 0.2) is 60.7 Å². The second kappa shape index (κ2) is 10.7. The number of hydrogen-bond donors (Lipinski definition) is 1. The van der Waals surface area contributed by atoms with Crippen molar-refractivity contribution in [1.29, 1.82) is 0 Å². The van der Waals surface area contributed by atoms with Gasteiger partial charge in [-0.15, -0.1) is 0 Å². The van der Waals surface area contributed by atoms with Crippen molar-refractivity contribution in [2.24, 2.45) is 0 Å². The minimum Gasteiger partial charge on any atom is -0.457 e. The summed E-state index contributed by atoms with van der Waals surface area (Å²) in [6.45, 7) is 8.50. The molecule has 5 heteroatoms. The summed E-state index contributed by atoms with van der Waals surface area (Å²) in [5.74, 6) is 1.31. The van der Waals surface area contributed by atoms with E-state index in [1.54, 1.807) is 6.07 Å². The Morgan fingerprint density at radius 1 is 1.06 bits per heavy atom. The van der Waals surface area contributed by atoms with E-state index in [0.717, 1.165) is 24.3 Å². The van der Waals surface area contributed by atoms with Gasteiger partial charge in [0.2, 0.25) is 0 Å². The number of carbonyl (C=O) groups excluding carboxylic acids is 1. The summed E-state index contributed by atoms with van der Waals surface area (Å²) in [5, 5.41) is 2.95. The minimum absolute atomic E-state index is 0.106. The summed E-state index contributed by atoms with van der Waals surface area (Å²) in [6.07, 6.45) is 1.90. The van der Waals surface area contributed by atoms with E-state index in [1.165, 1.54) is 5.56 Å². The van der Waals surface area contributed by atoms with Gasteiger partial charge in [-0.1, -0.05) is 37.6 Å². The molecule has 0 spiro atoms. The summed E-state index contributed by atoms with van der Waals surface area (Å²) in [6, 6.07) is 19.1. The molecule has 3 aromatic rings. The van der Waals surface area contributed by atoms with E-state index < -0.39 is 0 Å². The molecule has 0 saturated carbocycles. The highest BCUT2D eigenvalue weighted by Crippen LogP contribution is 2.28. The zero-order valence-electron chi connectivity index (χ0n) is 18.6. The largest absolute Gasteiger partial charge is 0.457 e. The number of aromatic nitrogens is 1. The number of para-hydroxylation sites is 1. The van der Waals surface area contributed by atoms with Crippen molar-refractivity contribution >= 4 is 11.6 Å². The number of amides is 1. The summed E-state index contributed by atoms with van der Waals surface area (Å²) in [4.78, 5) is 17.4. The molecular formula is C26H30N2O3. The van der Waals surface area contributed by atoms with Gasteiger partial charge in [0, 0.05) is 18.4 Å². The maximum Gasteiger partial charge on any atom is 0.257 e. The summed E-state index contributed by atoms with van der Waals surface area (Å²) in [5.41, 5.74) is 3.86. The van der Waals surface area contributed by atoms with Crippen LogP contribution in [0.25, 0.3) is 0 Å². The topological polar surface area (TPSA) is 60.5 Å². The van der Waals surface area contributed by atoms with Gasteiger partial charge in [0.25, 0.3) is 5.91 Å². The van der Waals surface area contributed by atoms with Crippen LogP contribution in [0, 0.1) is 6.92 Å². The number of anilines is 1. The Bertz CT molecular complexity index is 1030. The lowest BCUT2D eigenvalue weighted by atomic mass is 10.1. The van der Waals surface area contributed by atoms with Crippen molar-refractivity contribution in [3.63, 3.8) is 0 Å². The quantitative estimate of drug-likeness (QED) is 0.432. The lowest BCUT2D eigenvalue weighted by molar-refractivity contribution is 0.0732. The van der Waals surface area contributed by atoms with E-state index in [0.29, 0.717) is 29.3 Å². The van der Waals surface area contributed by atoms with Gasteiger partial charge in [-0.2, -0.15) is 0 Å². The summed E-state index contributed by atoms with van der Waals surface area (Å²) >= 11 is 0.